The van der Waals surface area contributed by atoms with Crippen LogP contribution in [-0.2, 0) is 0 Å². The van der Waals surface area contributed by atoms with E-state index in [4.69, 9.17) is 11.5 Å². The lowest BCUT2D eigenvalue weighted by Gasteiger charge is -2.11. The lowest BCUT2D eigenvalue weighted by Crippen LogP contribution is -2.13. The van der Waals surface area contributed by atoms with Crippen molar-refractivity contribution in [2.75, 3.05) is 11.5 Å². The van der Waals surface area contributed by atoms with Gasteiger partial charge in [-0.1, -0.05) is 30.3 Å². The molecule has 4 N–H and O–H groups in total. The van der Waals surface area contributed by atoms with Crippen LogP contribution >= 0.6 is 11.8 Å². The van der Waals surface area contributed by atoms with Crippen LogP contribution in [0.3, 0.4) is 0 Å². The molecule has 1 aromatic carbocycles. The van der Waals surface area contributed by atoms with Crippen molar-refractivity contribution in [3.63, 3.8) is 0 Å². The van der Waals surface area contributed by atoms with Crippen LogP contribution in [0.25, 0.3) is 0 Å². The van der Waals surface area contributed by atoms with Gasteiger partial charge in [0, 0.05) is 18.0 Å². The van der Waals surface area contributed by atoms with Gasteiger partial charge >= 0.3 is 0 Å². The highest BCUT2D eigenvalue weighted by Crippen LogP contribution is 2.25. The van der Waals surface area contributed by atoms with Gasteiger partial charge in [-0.2, -0.15) is 0 Å². The van der Waals surface area contributed by atoms with Crippen LogP contribution in [0, 0.1) is 0 Å². The average molecular weight is 245 g/mol. The van der Waals surface area contributed by atoms with Gasteiger partial charge in [-0.15, -0.1) is 11.8 Å². The zero-order chi connectivity index (χ0) is 12.1. The largest absolute Gasteiger partial charge is 0.397 e. The van der Waals surface area contributed by atoms with E-state index in [0.29, 0.717) is 5.69 Å². The molecule has 0 spiro atoms. The maximum Gasteiger partial charge on any atom is 0.119 e. The van der Waals surface area contributed by atoms with Gasteiger partial charge in [0.1, 0.15) is 5.03 Å². The Morgan fingerprint density at radius 3 is 2.59 bits per heavy atom. The summed E-state index contributed by atoms with van der Waals surface area (Å²) in [6, 6.07) is 13.7. The molecule has 0 aliphatic rings. The van der Waals surface area contributed by atoms with Crippen LogP contribution in [-0.4, -0.2) is 10.7 Å². The minimum atomic E-state index is 0.00241. The van der Waals surface area contributed by atoms with Gasteiger partial charge in [0.2, 0.25) is 0 Å². The van der Waals surface area contributed by atoms with Gasteiger partial charge in [-0.3, -0.25) is 0 Å². The Kier molecular flexibility index (Phi) is 4.01. The number of rotatable bonds is 4. The predicted molar refractivity (Wildman–Crippen MR) is 72.7 cm³/mol. The van der Waals surface area contributed by atoms with Crippen molar-refractivity contribution in [2.45, 2.75) is 11.1 Å². The Morgan fingerprint density at radius 1 is 1.12 bits per heavy atom. The summed E-state index contributed by atoms with van der Waals surface area (Å²) in [4.78, 5) is 4.23. The summed E-state index contributed by atoms with van der Waals surface area (Å²) < 4.78 is 0. The molecule has 2 rings (SSSR count). The standard InChI is InChI=1S/C13H15N3S/c14-11-7-4-8-16-13(11)17-9-12(15)10-5-2-1-3-6-10/h1-8,12H,9,14-15H2. The summed E-state index contributed by atoms with van der Waals surface area (Å²) in [6.07, 6.45) is 1.74. The molecule has 0 aliphatic heterocycles. The van der Waals surface area contributed by atoms with E-state index in [1.54, 1.807) is 18.0 Å². The molecular weight excluding hydrogens is 230 g/mol. The van der Waals surface area contributed by atoms with Gasteiger partial charge in [0.25, 0.3) is 0 Å². The van der Waals surface area contributed by atoms with E-state index in [9.17, 15) is 0 Å². The van der Waals surface area contributed by atoms with Crippen molar-refractivity contribution in [2.24, 2.45) is 5.73 Å². The molecule has 0 saturated heterocycles. The number of anilines is 1. The quantitative estimate of drug-likeness (QED) is 0.812. The summed E-state index contributed by atoms with van der Waals surface area (Å²) in [6.45, 7) is 0. The molecule has 0 fully saturated rings. The van der Waals surface area contributed by atoms with Crippen LogP contribution in [0.2, 0.25) is 0 Å². The highest BCUT2D eigenvalue weighted by Gasteiger charge is 2.07. The van der Waals surface area contributed by atoms with Crippen LogP contribution in [0.1, 0.15) is 11.6 Å². The third-order valence-corrected chi connectivity index (χ3v) is 3.57. The number of nitrogens with zero attached hydrogens (tertiary/aromatic N) is 1. The lowest BCUT2D eigenvalue weighted by molar-refractivity contribution is 0.830. The van der Waals surface area contributed by atoms with Crippen molar-refractivity contribution in [1.29, 1.82) is 0 Å². The SMILES string of the molecule is Nc1cccnc1SCC(N)c1ccccc1. The summed E-state index contributed by atoms with van der Waals surface area (Å²) in [5.74, 6) is 0.769. The molecule has 0 bridgehead atoms. The molecule has 0 aliphatic carbocycles. The van der Waals surface area contributed by atoms with E-state index in [2.05, 4.69) is 4.98 Å². The average Bonchev–Trinajstić information content (AvgIpc) is 2.38. The van der Waals surface area contributed by atoms with Gasteiger partial charge in [0.15, 0.2) is 0 Å². The molecule has 1 heterocycles. The maximum atomic E-state index is 6.10. The Balaban J connectivity index is 1.97. The van der Waals surface area contributed by atoms with Crippen molar-refractivity contribution in [3.8, 4) is 0 Å². The van der Waals surface area contributed by atoms with Crippen molar-refractivity contribution < 1.29 is 0 Å². The fourth-order valence-corrected chi connectivity index (χ4v) is 2.39. The molecule has 4 heteroatoms. The summed E-state index contributed by atoms with van der Waals surface area (Å²) in [5, 5.41) is 0.846. The second-order valence-electron chi connectivity index (χ2n) is 3.73. The van der Waals surface area contributed by atoms with Gasteiger partial charge in [-0.05, 0) is 17.7 Å². The highest BCUT2D eigenvalue weighted by atomic mass is 32.2. The van der Waals surface area contributed by atoms with E-state index in [1.807, 2.05) is 42.5 Å². The minimum absolute atomic E-state index is 0.00241. The first-order chi connectivity index (χ1) is 8.27. The molecule has 2 aromatic rings. The first-order valence-electron chi connectivity index (χ1n) is 5.41. The van der Waals surface area contributed by atoms with Gasteiger partial charge < -0.3 is 11.5 Å². The smallest absolute Gasteiger partial charge is 0.119 e. The Bertz CT molecular complexity index is 473. The molecule has 0 radical (unpaired) electrons. The summed E-state index contributed by atoms with van der Waals surface area (Å²) in [7, 11) is 0. The van der Waals surface area contributed by atoms with E-state index in [1.165, 1.54) is 0 Å². The predicted octanol–water partition coefficient (Wildman–Crippen LogP) is 2.46. The third kappa shape index (κ3) is 3.22. The van der Waals surface area contributed by atoms with E-state index < -0.39 is 0 Å². The zero-order valence-corrected chi connectivity index (χ0v) is 10.2. The summed E-state index contributed by atoms with van der Waals surface area (Å²) in [5.41, 5.74) is 13.8. The van der Waals surface area contributed by atoms with Gasteiger partial charge in [0.05, 0.1) is 5.69 Å². The minimum Gasteiger partial charge on any atom is -0.397 e. The second-order valence-corrected chi connectivity index (χ2v) is 4.73. The second kappa shape index (κ2) is 5.70. The van der Waals surface area contributed by atoms with E-state index in [-0.39, 0.29) is 6.04 Å². The molecule has 88 valence electrons. The summed E-state index contributed by atoms with van der Waals surface area (Å²) >= 11 is 1.59. The Morgan fingerprint density at radius 2 is 1.88 bits per heavy atom. The van der Waals surface area contributed by atoms with Crippen molar-refractivity contribution in [1.82, 2.24) is 4.98 Å². The van der Waals surface area contributed by atoms with Crippen molar-refractivity contribution >= 4 is 17.4 Å². The van der Waals surface area contributed by atoms with Crippen LogP contribution in [0.5, 0.6) is 0 Å². The molecule has 1 aromatic heterocycles. The molecule has 0 saturated carbocycles. The highest BCUT2D eigenvalue weighted by molar-refractivity contribution is 7.99. The fourth-order valence-electron chi connectivity index (χ4n) is 1.49. The number of benzene rings is 1. The number of aromatic nitrogens is 1. The number of nitrogen functional groups attached to an aromatic ring is 1. The molecule has 1 atom stereocenters. The molecule has 3 nitrogen and oxygen atoms in total. The number of pyridine rings is 1. The Hall–Kier alpha value is -1.52. The third-order valence-electron chi connectivity index (χ3n) is 2.43. The van der Waals surface area contributed by atoms with Crippen molar-refractivity contribution in [3.05, 3.63) is 54.2 Å². The maximum absolute atomic E-state index is 6.10. The van der Waals surface area contributed by atoms with Crippen LogP contribution < -0.4 is 11.5 Å². The molecule has 0 amide bonds. The first kappa shape index (κ1) is 12.0. The molecular formula is C13H15N3S. The topological polar surface area (TPSA) is 64.9 Å². The zero-order valence-electron chi connectivity index (χ0n) is 9.41. The van der Waals surface area contributed by atoms with E-state index >= 15 is 0 Å². The number of hydrogen-bond donors (Lipinski definition) is 2. The normalized spacial score (nSPS) is 12.3. The van der Waals surface area contributed by atoms with E-state index in [0.717, 1.165) is 16.3 Å². The van der Waals surface area contributed by atoms with Crippen LogP contribution in [0.4, 0.5) is 5.69 Å². The fraction of sp³-hybridized carbons (Fsp3) is 0.154. The Labute approximate surface area is 105 Å². The monoisotopic (exact) mass is 245 g/mol. The van der Waals surface area contributed by atoms with Crippen LogP contribution in [0.15, 0.2) is 53.7 Å². The first-order valence-corrected chi connectivity index (χ1v) is 6.40. The number of thioether (sulfide) groups is 1. The molecule has 17 heavy (non-hydrogen) atoms. The lowest BCUT2D eigenvalue weighted by atomic mass is 10.1. The number of hydrogen-bond acceptors (Lipinski definition) is 4. The molecule has 1 unspecified atom stereocenters. The number of nitrogens with two attached hydrogens (primary N) is 2. The van der Waals surface area contributed by atoms with Gasteiger partial charge in [-0.25, -0.2) is 4.98 Å².